The smallest absolute Gasteiger partial charge is 0.303 e. The molecule has 9 heteroatoms. The van der Waals surface area contributed by atoms with Gasteiger partial charge in [0.15, 0.2) is 5.69 Å². The van der Waals surface area contributed by atoms with Crippen molar-refractivity contribution in [3.63, 3.8) is 0 Å². The van der Waals surface area contributed by atoms with Gasteiger partial charge in [-0.2, -0.15) is 5.11 Å². The Balaban J connectivity index is 2.41. The minimum Gasteiger partial charge on any atom is -0.497 e. The van der Waals surface area contributed by atoms with Gasteiger partial charge in [-0.25, -0.2) is 0 Å². The van der Waals surface area contributed by atoms with Crippen molar-refractivity contribution in [3.05, 3.63) is 62.2 Å². The molecule has 0 N–H and O–H groups in total. The van der Waals surface area contributed by atoms with Gasteiger partial charge in [0, 0.05) is 12.1 Å². The number of hydrogen-bond acceptors (Lipinski definition) is 7. The van der Waals surface area contributed by atoms with E-state index in [2.05, 4.69) is 10.2 Å². The molecule has 2 aromatic rings. The molecule has 23 heavy (non-hydrogen) atoms. The highest BCUT2D eigenvalue weighted by Crippen LogP contribution is 2.33. The topological polar surface area (TPSA) is 120 Å². The zero-order valence-electron chi connectivity index (χ0n) is 12.3. The van der Waals surface area contributed by atoms with Gasteiger partial charge in [0.1, 0.15) is 5.75 Å². The number of nitro benzene ring substituents is 2. The number of methoxy groups -OCH3 is 1. The minimum absolute atomic E-state index is 0.0685. The van der Waals surface area contributed by atoms with E-state index in [9.17, 15) is 20.2 Å². The molecule has 0 unspecified atom stereocenters. The highest BCUT2D eigenvalue weighted by molar-refractivity contribution is 5.61. The van der Waals surface area contributed by atoms with Crippen LogP contribution in [0, 0.1) is 27.2 Å². The predicted molar refractivity (Wildman–Crippen MR) is 81.7 cm³/mol. The second-order valence-electron chi connectivity index (χ2n) is 4.60. The van der Waals surface area contributed by atoms with Crippen molar-refractivity contribution in [1.29, 1.82) is 0 Å². The van der Waals surface area contributed by atoms with E-state index in [4.69, 9.17) is 4.74 Å². The molecule has 0 aromatic heterocycles. The third-order valence-electron chi connectivity index (χ3n) is 2.91. The number of rotatable bonds is 5. The lowest BCUT2D eigenvalue weighted by molar-refractivity contribution is -0.393. The first-order chi connectivity index (χ1) is 10.9. The highest BCUT2D eigenvalue weighted by Gasteiger charge is 2.19. The Morgan fingerprint density at radius 3 is 2.35 bits per heavy atom. The second kappa shape index (κ2) is 6.60. The number of benzene rings is 2. The van der Waals surface area contributed by atoms with Crippen LogP contribution in [0.3, 0.4) is 0 Å². The largest absolute Gasteiger partial charge is 0.497 e. The first-order valence-electron chi connectivity index (χ1n) is 6.41. The summed E-state index contributed by atoms with van der Waals surface area (Å²) in [5.41, 5.74) is 0.405. The van der Waals surface area contributed by atoms with Crippen LogP contribution in [0.25, 0.3) is 0 Å². The molecule has 2 aromatic carbocycles. The fourth-order valence-electron chi connectivity index (χ4n) is 1.87. The fraction of sp³-hybridized carbons (Fsp3) is 0.143. The number of nitrogens with zero attached hydrogens (tertiary/aromatic N) is 4. The molecule has 0 aliphatic rings. The molecule has 0 bridgehead atoms. The standard InChI is InChI=1S/C14H12N4O5/c1-9-5-10(7-12(6-9)23-2)15-16-13-4-3-11(17(19)20)8-14(13)18(21)22/h3-8H,1-2H3. The van der Waals surface area contributed by atoms with Crippen LogP contribution in [0.1, 0.15) is 5.56 Å². The molecule has 0 heterocycles. The van der Waals surface area contributed by atoms with E-state index in [1.165, 1.54) is 13.2 Å². The molecule has 118 valence electrons. The monoisotopic (exact) mass is 316 g/mol. The molecule has 0 aliphatic heterocycles. The van der Waals surface area contributed by atoms with Crippen molar-refractivity contribution >= 4 is 22.7 Å². The maximum absolute atomic E-state index is 11.0. The molecule has 0 atom stereocenters. The molecule has 0 fully saturated rings. The zero-order chi connectivity index (χ0) is 17.0. The van der Waals surface area contributed by atoms with E-state index >= 15 is 0 Å². The van der Waals surface area contributed by atoms with Crippen molar-refractivity contribution in [2.75, 3.05) is 7.11 Å². The van der Waals surface area contributed by atoms with E-state index in [1.54, 1.807) is 18.2 Å². The van der Waals surface area contributed by atoms with Crippen molar-refractivity contribution in [2.45, 2.75) is 6.92 Å². The van der Waals surface area contributed by atoms with Crippen LogP contribution in [0.2, 0.25) is 0 Å². The molecule has 0 saturated heterocycles. The van der Waals surface area contributed by atoms with Crippen LogP contribution < -0.4 is 4.74 Å². The Labute approximate surface area is 130 Å². The van der Waals surface area contributed by atoms with Gasteiger partial charge in [-0.1, -0.05) is 0 Å². The van der Waals surface area contributed by atoms with Gasteiger partial charge < -0.3 is 4.74 Å². The molecular weight excluding hydrogens is 304 g/mol. The van der Waals surface area contributed by atoms with Crippen LogP contribution in [0.4, 0.5) is 22.7 Å². The summed E-state index contributed by atoms with van der Waals surface area (Å²) < 4.78 is 5.11. The van der Waals surface area contributed by atoms with E-state index in [0.29, 0.717) is 11.4 Å². The van der Waals surface area contributed by atoms with Crippen molar-refractivity contribution in [2.24, 2.45) is 10.2 Å². The lowest BCUT2D eigenvalue weighted by Crippen LogP contribution is -1.92. The summed E-state index contributed by atoms with van der Waals surface area (Å²) in [5.74, 6) is 0.581. The van der Waals surface area contributed by atoms with Gasteiger partial charge in [0.2, 0.25) is 0 Å². The predicted octanol–water partition coefficient (Wildman–Crippen LogP) is 4.24. The molecule has 0 radical (unpaired) electrons. The lowest BCUT2D eigenvalue weighted by atomic mass is 10.2. The summed E-state index contributed by atoms with van der Waals surface area (Å²) in [6.07, 6.45) is 0. The van der Waals surface area contributed by atoms with Gasteiger partial charge in [-0.15, -0.1) is 5.11 Å². The van der Waals surface area contributed by atoms with Gasteiger partial charge in [-0.05, 0) is 30.7 Å². The minimum atomic E-state index is -0.738. The lowest BCUT2D eigenvalue weighted by Gasteiger charge is -2.02. The van der Waals surface area contributed by atoms with Crippen LogP contribution in [-0.2, 0) is 0 Å². The van der Waals surface area contributed by atoms with Crippen LogP contribution >= 0.6 is 0 Å². The SMILES string of the molecule is COc1cc(C)cc(N=Nc2ccc([N+](=O)[O-])cc2[N+](=O)[O-])c1. The summed E-state index contributed by atoms with van der Waals surface area (Å²) in [7, 11) is 1.51. The Hall–Kier alpha value is -3.36. The average Bonchev–Trinajstić information content (AvgIpc) is 2.51. The van der Waals surface area contributed by atoms with Crippen LogP contribution in [-0.4, -0.2) is 17.0 Å². The number of non-ortho nitro benzene ring substituents is 1. The maximum Gasteiger partial charge on any atom is 0.303 e. The van der Waals surface area contributed by atoms with E-state index in [0.717, 1.165) is 17.7 Å². The molecule has 0 amide bonds. The number of hydrogen-bond donors (Lipinski definition) is 0. The number of aryl methyl sites for hydroxylation is 1. The van der Waals surface area contributed by atoms with Crippen molar-refractivity contribution in [3.8, 4) is 5.75 Å². The van der Waals surface area contributed by atoms with Gasteiger partial charge in [-0.3, -0.25) is 20.2 Å². The Kier molecular flexibility index (Phi) is 4.60. The number of azo groups is 1. The average molecular weight is 316 g/mol. The molecule has 0 spiro atoms. The Morgan fingerprint density at radius 1 is 1.00 bits per heavy atom. The number of nitro groups is 2. The molecule has 0 saturated carbocycles. The molecular formula is C14H12N4O5. The zero-order valence-corrected chi connectivity index (χ0v) is 12.3. The normalized spacial score (nSPS) is 10.7. The Morgan fingerprint density at radius 2 is 1.74 bits per heavy atom. The summed E-state index contributed by atoms with van der Waals surface area (Å²) in [5, 5.41) is 29.5. The summed E-state index contributed by atoms with van der Waals surface area (Å²) in [6, 6.07) is 8.32. The van der Waals surface area contributed by atoms with Gasteiger partial charge in [0.05, 0.1) is 28.7 Å². The van der Waals surface area contributed by atoms with E-state index in [-0.39, 0.29) is 11.4 Å². The van der Waals surface area contributed by atoms with Crippen LogP contribution in [0.15, 0.2) is 46.6 Å². The summed E-state index contributed by atoms with van der Waals surface area (Å²) in [6.45, 7) is 1.84. The summed E-state index contributed by atoms with van der Waals surface area (Å²) >= 11 is 0. The fourth-order valence-corrected chi connectivity index (χ4v) is 1.87. The Bertz CT molecular complexity index is 804. The highest BCUT2D eigenvalue weighted by atomic mass is 16.6. The molecule has 9 nitrogen and oxygen atoms in total. The second-order valence-corrected chi connectivity index (χ2v) is 4.60. The van der Waals surface area contributed by atoms with Crippen LogP contribution in [0.5, 0.6) is 5.75 Å². The first kappa shape index (κ1) is 16.0. The number of ether oxygens (including phenoxy) is 1. The quantitative estimate of drug-likeness (QED) is 0.464. The maximum atomic E-state index is 11.0. The van der Waals surface area contributed by atoms with Gasteiger partial charge >= 0.3 is 5.69 Å². The first-order valence-corrected chi connectivity index (χ1v) is 6.41. The van der Waals surface area contributed by atoms with E-state index in [1.807, 2.05) is 6.92 Å². The third-order valence-corrected chi connectivity index (χ3v) is 2.91. The summed E-state index contributed by atoms with van der Waals surface area (Å²) in [4.78, 5) is 20.3. The van der Waals surface area contributed by atoms with Gasteiger partial charge in [0.25, 0.3) is 5.69 Å². The molecule has 0 aliphatic carbocycles. The third kappa shape index (κ3) is 3.84. The van der Waals surface area contributed by atoms with Crippen molar-refractivity contribution in [1.82, 2.24) is 0 Å². The van der Waals surface area contributed by atoms with E-state index < -0.39 is 15.5 Å². The van der Waals surface area contributed by atoms with Crippen molar-refractivity contribution < 1.29 is 14.6 Å². The molecule has 2 rings (SSSR count).